The average molecular weight is 270 g/mol. The average Bonchev–Trinajstić information content (AvgIpc) is 2.65. The highest BCUT2D eigenvalue weighted by atomic mass is 35.5. The number of hydrogen-bond donors (Lipinski definition) is 3. The number of carbonyl (C=O) groups is 1. The Kier molecular flexibility index (Phi) is 3.31. The molecule has 0 fully saturated rings. The first-order valence-electron chi connectivity index (χ1n) is 5.16. The van der Waals surface area contributed by atoms with E-state index < -0.39 is 5.97 Å². The highest BCUT2D eigenvalue weighted by Crippen LogP contribution is 2.23. The van der Waals surface area contributed by atoms with Crippen molar-refractivity contribution in [1.29, 1.82) is 0 Å². The Bertz CT molecular complexity index is 530. The van der Waals surface area contributed by atoms with Gasteiger partial charge in [0.15, 0.2) is 5.70 Å². The molecule has 6 nitrogen and oxygen atoms in total. The van der Waals surface area contributed by atoms with E-state index in [1.165, 1.54) is 5.12 Å². The molecule has 0 saturated heterocycles. The molecule has 0 atom stereocenters. The summed E-state index contributed by atoms with van der Waals surface area (Å²) in [5, 5.41) is 11.0. The van der Waals surface area contributed by atoms with Crippen LogP contribution in [-0.4, -0.2) is 23.2 Å². The van der Waals surface area contributed by atoms with Crippen LogP contribution in [0.25, 0.3) is 0 Å². The summed E-state index contributed by atoms with van der Waals surface area (Å²) in [6.07, 6.45) is 0. The lowest BCUT2D eigenvalue weighted by atomic mass is 10.2. The molecular formula is C11H12ClN3O3. The second-order valence-corrected chi connectivity index (χ2v) is 4.21. The zero-order valence-electron chi connectivity index (χ0n) is 9.82. The number of carboxylic acid groups (broad SMARTS) is 1. The number of aryl methyl sites for hydroxylation is 1. The standard InChI is InChI=1S/C11H12ClN3O3/c1-6-5-7(3-4-8(6)12)18-10-9(11(16)17)13-15(2)14-10/h3-5,13-14H,1-2H3,(H,16,17). The molecule has 7 heteroatoms. The van der Waals surface area contributed by atoms with Crippen molar-refractivity contribution in [1.82, 2.24) is 16.0 Å². The Morgan fingerprint density at radius 3 is 2.78 bits per heavy atom. The van der Waals surface area contributed by atoms with Gasteiger partial charge in [-0.25, -0.2) is 4.79 Å². The molecule has 3 N–H and O–H groups in total. The molecule has 0 aliphatic carbocycles. The van der Waals surface area contributed by atoms with Crippen LogP contribution in [0.2, 0.25) is 5.02 Å². The highest BCUT2D eigenvalue weighted by Gasteiger charge is 2.25. The number of aliphatic carboxylic acids is 1. The Balaban J connectivity index is 2.24. The predicted molar refractivity (Wildman–Crippen MR) is 65.5 cm³/mol. The van der Waals surface area contributed by atoms with Crippen LogP contribution < -0.4 is 15.6 Å². The van der Waals surface area contributed by atoms with Crippen molar-refractivity contribution in [3.63, 3.8) is 0 Å². The maximum Gasteiger partial charge on any atom is 0.359 e. The van der Waals surface area contributed by atoms with Gasteiger partial charge in [0.05, 0.1) is 0 Å². The van der Waals surface area contributed by atoms with Gasteiger partial charge in [0.25, 0.3) is 0 Å². The van der Waals surface area contributed by atoms with Crippen molar-refractivity contribution in [2.75, 3.05) is 7.05 Å². The molecule has 2 rings (SSSR count). The van der Waals surface area contributed by atoms with Crippen molar-refractivity contribution in [2.24, 2.45) is 0 Å². The summed E-state index contributed by atoms with van der Waals surface area (Å²) < 4.78 is 5.48. The number of benzene rings is 1. The van der Waals surface area contributed by atoms with E-state index in [0.29, 0.717) is 10.8 Å². The van der Waals surface area contributed by atoms with Gasteiger partial charge < -0.3 is 9.84 Å². The van der Waals surface area contributed by atoms with Gasteiger partial charge in [0, 0.05) is 12.1 Å². The Labute approximate surface area is 109 Å². The molecule has 0 radical (unpaired) electrons. The monoisotopic (exact) mass is 269 g/mol. The van der Waals surface area contributed by atoms with E-state index in [1.807, 2.05) is 6.92 Å². The van der Waals surface area contributed by atoms with E-state index in [4.69, 9.17) is 21.4 Å². The van der Waals surface area contributed by atoms with Crippen molar-refractivity contribution < 1.29 is 14.6 Å². The Morgan fingerprint density at radius 2 is 2.17 bits per heavy atom. The minimum Gasteiger partial charge on any atom is -0.476 e. The van der Waals surface area contributed by atoms with Gasteiger partial charge in [-0.15, -0.1) is 5.12 Å². The molecule has 0 aromatic heterocycles. The van der Waals surface area contributed by atoms with Crippen LogP contribution in [0.3, 0.4) is 0 Å². The van der Waals surface area contributed by atoms with E-state index >= 15 is 0 Å². The minimum absolute atomic E-state index is 0.0508. The summed E-state index contributed by atoms with van der Waals surface area (Å²) in [4.78, 5) is 11.0. The van der Waals surface area contributed by atoms with Crippen LogP contribution in [0.4, 0.5) is 0 Å². The van der Waals surface area contributed by atoms with E-state index in [0.717, 1.165) is 5.56 Å². The van der Waals surface area contributed by atoms with Crippen LogP contribution in [0, 0.1) is 6.92 Å². The van der Waals surface area contributed by atoms with Gasteiger partial charge >= 0.3 is 5.97 Å². The molecule has 0 spiro atoms. The second kappa shape index (κ2) is 4.75. The number of halogens is 1. The zero-order valence-corrected chi connectivity index (χ0v) is 10.6. The van der Waals surface area contributed by atoms with Crippen molar-refractivity contribution in [2.45, 2.75) is 6.92 Å². The van der Waals surface area contributed by atoms with E-state index in [1.54, 1.807) is 25.2 Å². The van der Waals surface area contributed by atoms with Crippen LogP contribution in [0.15, 0.2) is 29.8 Å². The largest absolute Gasteiger partial charge is 0.476 e. The van der Waals surface area contributed by atoms with Gasteiger partial charge in [0.2, 0.25) is 5.88 Å². The van der Waals surface area contributed by atoms with Crippen molar-refractivity contribution in [3.8, 4) is 5.75 Å². The molecule has 1 aliphatic rings. The minimum atomic E-state index is -1.10. The number of ether oxygens (including phenoxy) is 1. The molecule has 0 amide bonds. The fraction of sp³-hybridized carbons (Fsp3) is 0.182. The fourth-order valence-electron chi connectivity index (χ4n) is 1.47. The summed E-state index contributed by atoms with van der Waals surface area (Å²) >= 11 is 5.90. The number of nitrogens with zero attached hydrogens (tertiary/aromatic N) is 1. The summed E-state index contributed by atoms with van der Waals surface area (Å²) in [5.41, 5.74) is 6.14. The molecule has 18 heavy (non-hydrogen) atoms. The lowest BCUT2D eigenvalue weighted by Crippen LogP contribution is -2.37. The molecule has 1 aromatic rings. The Hall–Kier alpha value is -1.92. The topological polar surface area (TPSA) is 73.8 Å². The van der Waals surface area contributed by atoms with Crippen LogP contribution in [0.5, 0.6) is 5.75 Å². The lowest BCUT2D eigenvalue weighted by molar-refractivity contribution is -0.133. The first-order valence-corrected chi connectivity index (χ1v) is 5.54. The normalized spacial score (nSPS) is 15.3. The molecule has 96 valence electrons. The van der Waals surface area contributed by atoms with Gasteiger partial charge in [-0.1, -0.05) is 11.6 Å². The molecule has 0 unspecified atom stereocenters. The van der Waals surface area contributed by atoms with E-state index in [2.05, 4.69) is 10.9 Å². The maximum absolute atomic E-state index is 11.0. The van der Waals surface area contributed by atoms with Crippen LogP contribution >= 0.6 is 11.6 Å². The first-order chi connectivity index (χ1) is 8.47. The smallest absolute Gasteiger partial charge is 0.359 e. The quantitative estimate of drug-likeness (QED) is 0.767. The Morgan fingerprint density at radius 1 is 1.44 bits per heavy atom. The van der Waals surface area contributed by atoms with Gasteiger partial charge in [-0.05, 0) is 30.7 Å². The molecule has 1 heterocycles. The number of rotatable bonds is 3. The van der Waals surface area contributed by atoms with Gasteiger partial charge in [-0.2, -0.15) is 0 Å². The lowest BCUT2D eigenvalue weighted by Gasteiger charge is -2.11. The van der Waals surface area contributed by atoms with Gasteiger partial charge in [-0.3, -0.25) is 10.9 Å². The SMILES string of the molecule is Cc1cc(OC2=C(C(=O)O)NN(C)N2)ccc1Cl. The third-order valence-corrected chi connectivity index (χ3v) is 2.76. The van der Waals surface area contributed by atoms with Crippen molar-refractivity contribution >= 4 is 17.6 Å². The predicted octanol–water partition coefficient (Wildman–Crippen LogP) is 1.24. The highest BCUT2D eigenvalue weighted by molar-refractivity contribution is 6.31. The van der Waals surface area contributed by atoms with E-state index in [-0.39, 0.29) is 11.6 Å². The van der Waals surface area contributed by atoms with Crippen LogP contribution in [-0.2, 0) is 4.79 Å². The second-order valence-electron chi connectivity index (χ2n) is 3.80. The zero-order chi connectivity index (χ0) is 13.3. The van der Waals surface area contributed by atoms with Crippen LogP contribution in [0.1, 0.15) is 5.56 Å². The molecule has 1 aliphatic heterocycles. The fourth-order valence-corrected chi connectivity index (χ4v) is 1.59. The molecule has 1 aromatic carbocycles. The summed E-state index contributed by atoms with van der Waals surface area (Å²) in [7, 11) is 1.63. The number of hydrazine groups is 2. The summed E-state index contributed by atoms with van der Waals surface area (Å²) in [6, 6.07) is 5.09. The number of nitrogens with one attached hydrogen (secondary N) is 2. The number of carboxylic acids is 1. The summed E-state index contributed by atoms with van der Waals surface area (Å²) in [5.74, 6) is -0.463. The number of hydrogen-bond acceptors (Lipinski definition) is 5. The van der Waals surface area contributed by atoms with Crippen molar-refractivity contribution in [3.05, 3.63) is 40.4 Å². The third kappa shape index (κ3) is 2.49. The first kappa shape index (κ1) is 12.5. The van der Waals surface area contributed by atoms with Gasteiger partial charge in [0.1, 0.15) is 5.75 Å². The molecular weight excluding hydrogens is 258 g/mol. The molecule has 0 bridgehead atoms. The maximum atomic E-state index is 11.0. The molecule has 0 saturated carbocycles. The van der Waals surface area contributed by atoms with E-state index in [9.17, 15) is 4.79 Å². The summed E-state index contributed by atoms with van der Waals surface area (Å²) in [6.45, 7) is 1.84. The third-order valence-electron chi connectivity index (χ3n) is 2.34.